The second-order valence-electron chi connectivity index (χ2n) is 5.90. The van der Waals surface area contributed by atoms with Crippen LogP contribution in [0.2, 0.25) is 0 Å². The molecule has 1 saturated heterocycles. The van der Waals surface area contributed by atoms with Crippen LogP contribution in [0.4, 0.5) is 0 Å². The Morgan fingerprint density at radius 3 is 2.71 bits per heavy atom. The fourth-order valence-electron chi connectivity index (χ4n) is 3.09. The molecule has 0 N–H and O–H groups in total. The van der Waals surface area contributed by atoms with Crippen molar-refractivity contribution < 1.29 is 4.79 Å². The predicted molar refractivity (Wildman–Crippen MR) is 85.3 cm³/mol. The number of carbonyl (C=O) groups excluding carboxylic acids is 1. The van der Waals surface area contributed by atoms with Crippen LogP contribution in [-0.2, 0) is 11.2 Å². The second kappa shape index (κ2) is 6.13. The Kier molecular flexibility index (Phi) is 4.05. The molecule has 2 heteroatoms. The van der Waals surface area contributed by atoms with E-state index in [4.69, 9.17) is 0 Å². The van der Waals surface area contributed by atoms with Gasteiger partial charge in [-0.2, -0.15) is 0 Å². The quantitative estimate of drug-likeness (QED) is 0.841. The highest BCUT2D eigenvalue weighted by molar-refractivity contribution is 5.79. The number of aryl methyl sites for hydroxylation is 1. The Balaban J connectivity index is 1.62. The van der Waals surface area contributed by atoms with Crippen LogP contribution < -0.4 is 0 Å². The predicted octanol–water partition coefficient (Wildman–Crippen LogP) is 3.55. The van der Waals surface area contributed by atoms with Crippen molar-refractivity contribution in [3.8, 4) is 0 Å². The Bertz CT molecular complexity index is 620. The van der Waals surface area contributed by atoms with E-state index in [1.54, 1.807) is 0 Å². The lowest BCUT2D eigenvalue weighted by atomic mass is 9.99. The Labute approximate surface area is 126 Å². The van der Waals surface area contributed by atoms with Crippen LogP contribution in [0, 0.1) is 6.92 Å². The van der Waals surface area contributed by atoms with E-state index in [9.17, 15) is 4.79 Å². The van der Waals surface area contributed by atoms with Crippen molar-refractivity contribution in [1.29, 1.82) is 0 Å². The summed E-state index contributed by atoms with van der Waals surface area (Å²) in [6.45, 7) is 3.80. The molecule has 1 amide bonds. The first-order chi connectivity index (χ1) is 10.2. The lowest BCUT2D eigenvalue weighted by Gasteiger charge is -2.17. The van der Waals surface area contributed by atoms with Crippen molar-refractivity contribution in [3.05, 3.63) is 71.3 Å². The normalized spacial score (nSPS) is 18.0. The van der Waals surface area contributed by atoms with Gasteiger partial charge in [0.2, 0.25) is 5.91 Å². The zero-order valence-corrected chi connectivity index (χ0v) is 12.5. The third-order valence-electron chi connectivity index (χ3n) is 4.25. The lowest BCUT2D eigenvalue weighted by Crippen LogP contribution is -2.29. The standard InChI is InChI=1S/C19H21NO/c1-15-6-5-7-16(12-15)13-19(21)20-11-10-18(14-20)17-8-3-2-4-9-17/h2-9,12,18H,10-11,13-14H2,1H3/t18-/m1/s1. The van der Waals surface area contributed by atoms with Crippen LogP contribution in [0.5, 0.6) is 0 Å². The molecule has 3 rings (SSSR count). The molecule has 21 heavy (non-hydrogen) atoms. The van der Waals surface area contributed by atoms with E-state index in [1.165, 1.54) is 11.1 Å². The van der Waals surface area contributed by atoms with E-state index in [-0.39, 0.29) is 5.91 Å². The summed E-state index contributed by atoms with van der Waals surface area (Å²) < 4.78 is 0. The first-order valence-corrected chi connectivity index (χ1v) is 7.60. The monoisotopic (exact) mass is 279 g/mol. The molecule has 1 heterocycles. The van der Waals surface area contributed by atoms with Gasteiger partial charge in [-0.1, -0.05) is 60.2 Å². The van der Waals surface area contributed by atoms with Gasteiger partial charge in [-0.15, -0.1) is 0 Å². The van der Waals surface area contributed by atoms with Gasteiger partial charge in [-0.05, 0) is 24.5 Å². The van der Waals surface area contributed by atoms with Gasteiger partial charge in [0.1, 0.15) is 0 Å². The highest BCUT2D eigenvalue weighted by Crippen LogP contribution is 2.27. The highest BCUT2D eigenvalue weighted by Gasteiger charge is 2.26. The van der Waals surface area contributed by atoms with Crippen LogP contribution in [-0.4, -0.2) is 23.9 Å². The van der Waals surface area contributed by atoms with E-state index >= 15 is 0 Å². The topological polar surface area (TPSA) is 20.3 Å². The molecule has 108 valence electrons. The van der Waals surface area contributed by atoms with E-state index in [1.807, 2.05) is 23.1 Å². The number of hydrogen-bond donors (Lipinski definition) is 0. The van der Waals surface area contributed by atoms with Gasteiger partial charge in [0.25, 0.3) is 0 Å². The summed E-state index contributed by atoms with van der Waals surface area (Å²) in [7, 11) is 0. The van der Waals surface area contributed by atoms with Gasteiger partial charge in [-0.3, -0.25) is 4.79 Å². The molecule has 1 aliphatic heterocycles. The molecule has 0 bridgehead atoms. The molecule has 0 saturated carbocycles. The van der Waals surface area contributed by atoms with Crippen LogP contribution in [0.3, 0.4) is 0 Å². The van der Waals surface area contributed by atoms with Crippen LogP contribution in [0.1, 0.15) is 29.0 Å². The van der Waals surface area contributed by atoms with Crippen LogP contribution >= 0.6 is 0 Å². The smallest absolute Gasteiger partial charge is 0.227 e. The molecule has 1 atom stereocenters. The van der Waals surface area contributed by atoms with Gasteiger partial charge in [0.15, 0.2) is 0 Å². The number of hydrogen-bond acceptors (Lipinski definition) is 1. The summed E-state index contributed by atoms with van der Waals surface area (Å²) in [5, 5.41) is 0. The largest absolute Gasteiger partial charge is 0.342 e. The zero-order chi connectivity index (χ0) is 14.7. The van der Waals surface area contributed by atoms with Crippen molar-refractivity contribution in [2.24, 2.45) is 0 Å². The van der Waals surface area contributed by atoms with Gasteiger partial charge in [0, 0.05) is 19.0 Å². The lowest BCUT2D eigenvalue weighted by molar-refractivity contribution is -0.129. The molecule has 2 aromatic rings. The second-order valence-corrected chi connectivity index (χ2v) is 5.90. The van der Waals surface area contributed by atoms with E-state index in [2.05, 4.69) is 43.3 Å². The molecule has 0 aromatic heterocycles. The number of benzene rings is 2. The molecule has 0 spiro atoms. The molecule has 1 fully saturated rings. The summed E-state index contributed by atoms with van der Waals surface area (Å²) in [5.74, 6) is 0.742. The summed E-state index contributed by atoms with van der Waals surface area (Å²) in [6, 6.07) is 18.7. The molecular formula is C19H21NO. The van der Waals surface area contributed by atoms with Gasteiger partial charge in [0.05, 0.1) is 6.42 Å². The molecule has 0 unspecified atom stereocenters. The highest BCUT2D eigenvalue weighted by atomic mass is 16.2. The molecule has 1 aliphatic rings. The molecule has 2 aromatic carbocycles. The van der Waals surface area contributed by atoms with Crippen molar-refractivity contribution in [3.63, 3.8) is 0 Å². The maximum absolute atomic E-state index is 12.4. The molecule has 0 radical (unpaired) electrons. The average molecular weight is 279 g/mol. The number of likely N-dealkylation sites (tertiary alicyclic amines) is 1. The van der Waals surface area contributed by atoms with E-state index in [0.29, 0.717) is 12.3 Å². The van der Waals surface area contributed by atoms with Gasteiger partial charge >= 0.3 is 0 Å². The first kappa shape index (κ1) is 13.9. The summed E-state index contributed by atoms with van der Waals surface area (Å²) >= 11 is 0. The van der Waals surface area contributed by atoms with E-state index in [0.717, 1.165) is 25.1 Å². The third-order valence-corrected chi connectivity index (χ3v) is 4.25. The number of nitrogens with zero attached hydrogens (tertiary/aromatic N) is 1. The summed E-state index contributed by atoms with van der Waals surface area (Å²) in [6.07, 6.45) is 1.59. The number of amides is 1. The number of carbonyl (C=O) groups is 1. The van der Waals surface area contributed by atoms with Crippen molar-refractivity contribution in [2.45, 2.75) is 25.7 Å². The first-order valence-electron chi connectivity index (χ1n) is 7.60. The Morgan fingerprint density at radius 1 is 1.14 bits per heavy atom. The van der Waals surface area contributed by atoms with Crippen LogP contribution in [0.25, 0.3) is 0 Å². The maximum Gasteiger partial charge on any atom is 0.227 e. The molecule has 0 aliphatic carbocycles. The van der Waals surface area contributed by atoms with Gasteiger partial charge < -0.3 is 4.90 Å². The van der Waals surface area contributed by atoms with Crippen molar-refractivity contribution in [1.82, 2.24) is 4.90 Å². The SMILES string of the molecule is Cc1cccc(CC(=O)N2CC[C@@H](c3ccccc3)C2)c1. The average Bonchev–Trinajstić information content (AvgIpc) is 2.98. The van der Waals surface area contributed by atoms with Crippen molar-refractivity contribution >= 4 is 5.91 Å². The summed E-state index contributed by atoms with van der Waals surface area (Å²) in [5.41, 5.74) is 3.68. The fourth-order valence-corrected chi connectivity index (χ4v) is 3.09. The van der Waals surface area contributed by atoms with Crippen LogP contribution in [0.15, 0.2) is 54.6 Å². The summed E-state index contributed by atoms with van der Waals surface area (Å²) in [4.78, 5) is 14.4. The third kappa shape index (κ3) is 3.33. The van der Waals surface area contributed by atoms with E-state index < -0.39 is 0 Å². The fraction of sp³-hybridized carbons (Fsp3) is 0.316. The molecule has 2 nitrogen and oxygen atoms in total. The molecular weight excluding hydrogens is 258 g/mol. The maximum atomic E-state index is 12.4. The Hall–Kier alpha value is -2.09. The van der Waals surface area contributed by atoms with Gasteiger partial charge in [-0.25, -0.2) is 0 Å². The minimum Gasteiger partial charge on any atom is -0.342 e. The zero-order valence-electron chi connectivity index (χ0n) is 12.5. The Morgan fingerprint density at radius 2 is 1.95 bits per heavy atom. The minimum atomic E-state index is 0.249. The number of rotatable bonds is 3. The van der Waals surface area contributed by atoms with Crippen molar-refractivity contribution in [2.75, 3.05) is 13.1 Å². The minimum absolute atomic E-state index is 0.249.